The first-order valence-electron chi connectivity index (χ1n) is 3.69. The number of carbonyl (C=O) groups is 2. The van der Waals surface area contributed by atoms with Crippen LogP contribution in [-0.4, -0.2) is 21.7 Å². The van der Waals surface area contributed by atoms with E-state index in [1.807, 2.05) is 0 Å². The van der Waals surface area contributed by atoms with Gasteiger partial charge in [-0.1, -0.05) is 0 Å². The predicted octanol–water partition coefficient (Wildman–Crippen LogP) is 2.09. The van der Waals surface area contributed by atoms with Gasteiger partial charge in [0.15, 0.2) is 0 Å². The highest BCUT2D eigenvalue weighted by Crippen LogP contribution is 2.19. The SMILES string of the molecule is CC(C)(Cl)C(=O)OC(=O)C(C)(C)Cl. The van der Waals surface area contributed by atoms with Crippen molar-refractivity contribution in [2.45, 2.75) is 37.4 Å². The summed E-state index contributed by atoms with van der Waals surface area (Å²) >= 11 is 11.2. The van der Waals surface area contributed by atoms with Crippen LogP contribution in [0, 0.1) is 0 Å². The number of ether oxygens (including phenoxy) is 1. The smallest absolute Gasteiger partial charge is 0.334 e. The van der Waals surface area contributed by atoms with Gasteiger partial charge in [0.2, 0.25) is 0 Å². The third-order valence-electron chi connectivity index (χ3n) is 1.16. The molecule has 0 fully saturated rings. The minimum atomic E-state index is -1.21. The number of rotatable bonds is 2. The highest BCUT2D eigenvalue weighted by atomic mass is 35.5. The molecule has 0 saturated heterocycles. The molecule has 76 valence electrons. The molecule has 0 rings (SSSR count). The van der Waals surface area contributed by atoms with Crippen molar-refractivity contribution in [1.29, 1.82) is 0 Å². The van der Waals surface area contributed by atoms with Crippen LogP contribution >= 0.6 is 23.2 Å². The Labute approximate surface area is 87.3 Å². The number of halogens is 2. The van der Waals surface area contributed by atoms with Crippen molar-refractivity contribution in [2.75, 3.05) is 0 Å². The summed E-state index contributed by atoms with van der Waals surface area (Å²) in [6.45, 7) is 5.74. The molecule has 0 aromatic heterocycles. The summed E-state index contributed by atoms with van der Waals surface area (Å²) in [6.07, 6.45) is 0. The van der Waals surface area contributed by atoms with Crippen LogP contribution in [0.5, 0.6) is 0 Å². The van der Waals surface area contributed by atoms with E-state index in [0.717, 1.165) is 0 Å². The summed E-state index contributed by atoms with van der Waals surface area (Å²) in [4.78, 5) is 19.8. The summed E-state index contributed by atoms with van der Waals surface area (Å²) < 4.78 is 4.44. The predicted molar refractivity (Wildman–Crippen MR) is 51.0 cm³/mol. The molecule has 0 aliphatic heterocycles. The molecule has 0 aromatic carbocycles. The lowest BCUT2D eigenvalue weighted by Crippen LogP contribution is -2.36. The normalized spacial score (nSPS) is 12.5. The fraction of sp³-hybridized carbons (Fsp3) is 0.750. The molecular weight excluding hydrogens is 215 g/mol. The molecule has 0 N–H and O–H groups in total. The van der Waals surface area contributed by atoms with Crippen LogP contribution in [0.4, 0.5) is 0 Å². The zero-order valence-corrected chi connectivity index (χ0v) is 9.49. The van der Waals surface area contributed by atoms with Crippen LogP contribution < -0.4 is 0 Å². The summed E-state index contributed by atoms with van der Waals surface area (Å²) in [5.74, 6) is -1.60. The number of esters is 2. The highest BCUT2D eigenvalue weighted by Gasteiger charge is 2.34. The quantitative estimate of drug-likeness (QED) is 0.412. The average Bonchev–Trinajstić information content (AvgIpc) is 1.82. The van der Waals surface area contributed by atoms with Gasteiger partial charge in [0.05, 0.1) is 0 Å². The van der Waals surface area contributed by atoms with Crippen molar-refractivity contribution in [3.63, 3.8) is 0 Å². The Morgan fingerprint density at radius 3 is 1.31 bits per heavy atom. The number of carbonyl (C=O) groups excluding carboxylic acids is 2. The van der Waals surface area contributed by atoms with Crippen molar-refractivity contribution in [2.24, 2.45) is 0 Å². The Balaban J connectivity index is 4.34. The van der Waals surface area contributed by atoms with E-state index in [9.17, 15) is 9.59 Å². The van der Waals surface area contributed by atoms with Crippen LogP contribution in [-0.2, 0) is 14.3 Å². The summed E-state index contributed by atoms with van der Waals surface area (Å²) in [5, 5.41) is 0. The van der Waals surface area contributed by atoms with Crippen molar-refractivity contribution in [1.82, 2.24) is 0 Å². The molecule has 0 radical (unpaired) electrons. The Kier molecular flexibility index (Phi) is 3.76. The second kappa shape index (κ2) is 3.84. The van der Waals surface area contributed by atoms with Crippen LogP contribution in [0.25, 0.3) is 0 Å². The monoisotopic (exact) mass is 226 g/mol. The zero-order valence-electron chi connectivity index (χ0n) is 7.98. The lowest BCUT2D eigenvalue weighted by Gasteiger charge is -2.17. The van der Waals surface area contributed by atoms with Gasteiger partial charge in [-0.2, -0.15) is 0 Å². The van der Waals surface area contributed by atoms with E-state index < -0.39 is 21.7 Å². The maximum absolute atomic E-state index is 11.1. The maximum Gasteiger partial charge on any atom is 0.334 e. The highest BCUT2D eigenvalue weighted by molar-refractivity contribution is 6.36. The fourth-order valence-corrected chi connectivity index (χ4v) is 0.404. The van der Waals surface area contributed by atoms with E-state index >= 15 is 0 Å². The number of hydrogen-bond acceptors (Lipinski definition) is 3. The molecule has 0 aliphatic rings. The molecule has 13 heavy (non-hydrogen) atoms. The molecule has 0 bridgehead atoms. The first-order valence-corrected chi connectivity index (χ1v) is 4.45. The number of hydrogen-bond donors (Lipinski definition) is 0. The first kappa shape index (κ1) is 12.7. The summed E-state index contributed by atoms with van der Waals surface area (Å²) in [5.41, 5.74) is 0. The standard InChI is InChI=1S/C8H12Cl2O3/c1-7(2,9)5(11)13-6(12)8(3,4)10/h1-4H3. The van der Waals surface area contributed by atoms with Gasteiger partial charge >= 0.3 is 11.9 Å². The van der Waals surface area contributed by atoms with Crippen molar-refractivity contribution < 1.29 is 14.3 Å². The van der Waals surface area contributed by atoms with Crippen LogP contribution in [0.2, 0.25) is 0 Å². The Morgan fingerprint density at radius 2 is 1.15 bits per heavy atom. The Bertz CT molecular complexity index is 199. The van der Waals surface area contributed by atoms with Gasteiger partial charge in [-0.15, -0.1) is 23.2 Å². The molecule has 0 saturated carbocycles. The van der Waals surface area contributed by atoms with E-state index in [2.05, 4.69) is 4.74 Å². The van der Waals surface area contributed by atoms with E-state index in [-0.39, 0.29) is 0 Å². The van der Waals surface area contributed by atoms with Crippen molar-refractivity contribution in [3.8, 4) is 0 Å². The topological polar surface area (TPSA) is 43.4 Å². The summed E-state index contributed by atoms with van der Waals surface area (Å²) in [6, 6.07) is 0. The van der Waals surface area contributed by atoms with Gasteiger partial charge in [-0.05, 0) is 27.7 Å². The first-order chi connectivity index (χ1) is 5.55. The third kappa shape index (κ3) is 4.48. The average molecular weight is 227 g/mol. The minimum absolute atomic E-state index is 0.798. The van der Waals surface area contributed by atoms with E-state index in [1.165, 1.54) is 27.7 Å². The van der Waals surface area contributed by atoms with Crippen LogP contribution in [0.3, 0.4) is 0 Å². The number of alkyl halides is 2. The zero-order chi connectivity index (χ0) is 10.9. The molecule has 0 heterocycles. The minimum Gasteiger partial charge on any atom is -0.391 e. The van der Waals surface area contributed by atoms with Gasteiger partial charge in [-0.3, -0.25) is 0 Å². The molecule has 0 aromatic rings. The van der Waals surface area contributed by atoms with Crippen molar-refractivity contribution >= 4 is 35.1 Å². The summed E-state index contributed by atoms with van der Waals surface area (Å²) in [7, 11) is 0. The van der Waals surface area contributed by atoms with Gasteiger partial charge in [0.25, 0.3) is 0 Å². The molecule has 5 heteroatoms. The largest absolute Gasteiger partial charge is 0.391 e. The van der Waals surface area contributed by atoms with Gasteiger partial charge in [0, 0.05) is 0 Å². The van der Waals surface area contributed by atoms with Gasteiger partial charge < -0.3 is 4.74 Å². The molecule has 0 aliphatic carbocycles. The molecule has 0 atom stereocenters. The van der Waals surface area contributed by atoms with Gasteiger partial charge in [-0.25, -0.2) is 9.59 Å². The fourth-order valence-electron chi connectivity index (χ4n) is 0.327. The lowest BCUT2D eigenvalue weighted by atomic mass is 10.2. The molecule has 0 unspecified atom stereocenters. The molecule has 0 spiro atoms. The Hall–Kier alpha value is -0.280. The second-order valence-electron chi connectivity index (χ2n) is 3.62. The van der Waals surface area contributed by atoms with E-state index in [1.54, 1.807) is 0 Å². The maximum atomic E-state index is 11.1. The second-order valence-corrected chi connectivity index (χ2v) is 5.51. The molecule has 3 nitrogen and oxygen atoms in total. The van der Waals surface area contributed by atoms with Crippen molar-refractivity contribution in [3.05, 3.63) is 0 Å². The van der Waals surface area contributed by atoms with E-state index in [4.69, 9.17) is 23.2 Å². The molecular formula is C8H12Cl2O3. The Morgan fingerprint density at radius 1 is 0.923 bits per heavy atom. The van der Waals surface area contributed by atoms with Crippen LogP contribution in [0.1, 0.15) is 27.7 Å². The lowest BCUT2D eigenvalue weighted by molar-refractivity contribution is -0.162. The van der Waals surface area contributed by atoms with Crippen LogP contribution in [0.15, 0.2) is 0 Å². The molecule has 0 amide bonds. The van der Waals surface area contributed by atoms with Gasteiger partial charge in [0.1, 0.15) is 9.75 Å². The third-order valence-corrected chi connectivity index (χ3v) is 1.46. The van der Waals surface area contributed by atoms with E-state index in [0.29, 0.717) is 0 Å².